The average molecular weight is 399 g/mol. The highest BCUT2D eigenvalue weighted by Crippen LogP contribution is 2.27. The van der Waals surface area contributed by atoms with Crippen molar-refractivity contribution in [2.24, 2.45) is 0 Å². The van der Waals surface area contributed by atoms with E-state index in [1.165, 1.54) is 4.90 Å². The maximum absolute atomic E-state index is 12.7. The Bertz CT molecular complexity index is 860. The highest BCUT2D eigenvalue weighted by atomic mass is 35.5. The fourth-order valence-electron chi connectivity index (χ4n) is 3.79. The van der Waals surface area contributed by atoms with Crippen LogP contribution in [-0.2, 0) is 4.79 Å². The van der Waals surface area contributed by atoms with Crippen molar-refractivity contribution in [3.63, 3.8) is 0 Å². The van der Waals surface area contributed by atoms with Gasteiger partial charge in [0.05, 0.1) is 29.0 Å². The first-order valence-electron chi connectivity index (χ1n) is 9.46. The van der Waals surface area contributed by atoms with Gasteiger partial charge in [-0.15, -0.1) is 0 Å². The molecule has 2 aromatic rings. The molecular formula is C21H23ClN4O2. The van der Waals surface area contributed by atoms with E-state index in [1.807, 2.05) is 43.3 Å². The highest BCUT2D eigenvalue weighted by molar-refractivity contribution is 6.33. The minimum atomic E-state index is -0.362. The third-order valence-corrected chi connectivity index (χ3v) is 5.67. The van der Waals surface area contributed by atoms with Crippen molar-refractivity contribution in [3.8, 4) is 0 Å². The van der Waals surface area contributed by atoms with E-state index in [4.69, 9.17) is 11.6 Å². The number of urea groups is 1. The molecule has 146 valence electrons. The van der Waals surface area contributed by atoms with Gasteiger partial charge in [0.15, 0.2) is 0 Å². The van der Waals surface area contributed by atoms with Crippen LogP contribution in [0.1, 0.15) is 12.0 Å². The summed E-state index contributed by atoms with van der Waals surface area (Å²) in [6, 6.07) is 14.8. The van der Waals surface area contributed by atoms with Gasteiger partial charge in [-0.3, -0.25) is 9.69 Å². The Morgan fingerprint density at radius 1 is 0.964 bits per heavy atom. The van der Waals surface area contributed by atoms with Crippen LogP contribution in [0.2, 0.25) is 5.02 Å². The molecule has 0 radical (unpaired) electrons. The zero-order valence-electron chi connectivity index (χ0n) is 15.8. The predicted molar refractivity (Wildman–Crippen MR) is 111 cm³/mol. The predicted octanol–water partition coefficient (Wildman–Crippen LogP) is 3.24. The number of nitrogens with one attached hydrogen (secondary N) is 1. The van der Waals surface area contributed by atoms with Gasteiger partial charge in [-0.05, 0) is 31.2 Å². The number of hydrogen-bond acceptors (Lipinski definition) is 4. The molecule has 2 aliphatic rings. The van der Waals surface area contributed by atoms with Crippen molar-refractivity contribution in [2.45, 2.75) is 19.5 Å². The number of anilines is 2. The summed E-state index contributed by atoms with van der Waals surface area (Å²) in [4.78, 5) is 30.9. The molecule has 0 spiro atoms. The number of aryl methyl sites for hydroxylation is 1. The lowest BCUT2D eigenvalue weighted by Crippen LogP contribution is -2.63. The van der Waals surface area contributed by atoms with Crippen molar-refractivity contribution in [1.29, 1.82) is 0 Å². The molecule has 2 aromatic carbocycles. The monoisotopic (exact) mass is 398 g/mol. The lowest BCUT2D eigenvalue weighted by atomic mass is 10.1. The number of halogens is 1. The molecule has 1 unspecified atom stereocenters. The van der Waals surface area contributed by atoms with Crippen molar-refractivity contribution in [1.82, 2.24) is 10.2 Å². The van der Waals surface area contributed by atoms with E-state index in [9.17, 15) is 9.59 Å². The molecule has 2 heterocycles. The van der Waals surface area contributed by atoms with Crippen molar-refractivity contribution < 1.29 is 9.59 Å². The van der Waals surface area contributed by atoms with E-state index in [-0.39, 0.29) is 24.5 Å². The third kappa shape index (κ3) is 3.70. The van der Waals surface area contributed by atoms with Crippen molar-refractivity contribution >= 4 is 34.9 Å². The maximum Gasteiger partial charge on any atom is 0.329 e. The van der Waals surface area contributed by atoms with E-state index in [0.29, 0.717) is 5.69 Å². The number of carbonyl (C=O) groups is 2. The molecule has 0 bridgehead atoms. The lowest BCUT2D eigenvalue weighted by molar-refractivity contribution is -0.120. The third-order valence-electron chi connectivity index (χ3n) is 5.35. The van der Waals surface area contributed by atoms with Gasteiger partial charge in [-0.1, -0.05) is 41.4 Å². The number of imide groups is 1. The Morgan fingerprint density at radius 2 is 1.64 bits per heavy atom. The summed E-state index contributed by atoms with van der Waals surface area (Å²) in [7, 11) is 0. The zero-order valence-corrected chi connectivity index (χ0v) is 16.5. The van der Waals surface area contributed by atoms with E-state index in [1.54, 1.807) is 12.1 Å². The molecule has 7 heteroatoms. The molecule has 1 N–H and O–H groups in total. The minimum absolute atomic E-state index is 0.175. The summed E-state index contributed by atoms with van der Waals surface area (Å²) < 4.78 is 0. The first-order chi connectivity index (χ1) is 13.5. The van der Waals surface area contributed by atoms with Crippen LogP contribution < -0.4 is 15.1 Å². The SMILES string of the molecule is Cc1ccc(N2C(=O)CC(N3CCN(c4ccccc4Cl)CC3)NC2=O)cc1. The van der Waals surface area contributed by atoms with E-state index in [2.05, 4.69) is 15.1 Å². The average Bonchev–Trinajstić information content (AvgIpc) is 2.69. The maximum atomic E-state index is 12.7. The number of carbonyl (C=O) groups excluding carboxylic acids is 2. The summed E-state index contributed by atoms with van der Waals surface area (Å²) in [6.07, 6.45) is 0.00112. The minimum Gasteiger partial charge on any atom is -0.368 e. The Balaban J connectivity index is 1.39. The molecular weight excluding hydrogens is 376 g/mol. The molecule has 0 saturated carbocycles. The van der Waals surface area contributed by atoms with Gasteiger partial charge in [0.25, 0.3) is 0 Å². The number of hydrogen-bond donors (Lipinski definition) is 1. The Labute approximate surface area is 169 Å². The van der Waals surface area contributed by atoms with Crippen LogP contribution in [0, 0.1) is 6.92 Å². The van der Waals surface area contributed by atoms with Crippen LogP contribution >= 0.6 is 11.6 Å². The van der Waals surface area contributed by atoms with Crippen LogP contribution in [-0.4, -0.2) is 49.2 Å². The number of piperazine rings is 1. The second-order valence-electron chi connectivity index (χ2n) is 7.21. The van der Waals surface area contributed by atoms with Gasteiger partial charge < -0.3 is 10.2 Å². The number of benzene rings is 2. The second kappa shape index (κ2) is 7.81. The Kier molecular flexibility index (Phi) is 5.24. The van der Waals surface area contributed by atoms with Gasteiger partial charge >= 0.3 is 6.03 Å². The number of para-hydroxylation sites is 1. The first-order valence-corrected chi connectivity index (χ1v) is 9.84. The van der Waals surface area contributed by atoms with Gasteiger partial charge in [0, 0.05) is 26.2 Å². The summed E-state index contributed by atoms with van der Waals surface area (Å²) in [5, 5.41) is 3.73. The molecule has 28 heavy (non-hydrogen) atoms. The molecule has 0 aliphatic carbocycles. The van der Waals surface area contributed by atoms with Gasteiger partial charge in [-0.25, -0.2) is 9.69 Å². The van der Waals surface area contributed by atoms with Gasteiger partial charge in [-0.2, -0.15) is 0 Å². The van der Waals surface area contributed by atoms with Crippen LogP contribution in [0.25, 0.3) is 0 Å². The van der Waals surface area contributed by atoms with Crippen molar-refractivity contribution in [3.05, 3.63) is 59.1 Å². The number of nitrogens with zero attached hydrogens (tertiary/aromatic N) is 3. The van der Waals surface area contributed by atoms with E-state index in [0.717, 1.165) is 42.5 Å². The fourth-order valence-corrected chi connectivity index (χ4v) is 4.04. The van der Waals surface area contributed by atoms with Crippen LogP contribution in [0.4, 0.5) is 16.2 Å². The molecule has 2 saturated heterocycles. The Morgan fingerprint density at radius 3 is 2.29 bits per heavy atom. The standard InChI is InChI=1S/C21H23ClN4O2/c1-15-6-8-16(9-7-15)26-20(27)14-19(23-21(26)28)25-12-10-24(11-13-25)18-5-3-2-4-17(18)22/h2-9,19H,10-14H2,1H3,(H,23,28). The highest BCUT2D eigenvalue weighted by Gasteiger charge is 2.36. The molecule has 0 aromatic heterocycles. The molecule has 6 nitrogen and oxygen atoms in total. The largest absolute Gasteiger partial charge is 0.368 e. The molecule has 2 aliphatic heterocycles. The van der Waals surface area contributed by atoms with Gasteiger partial charge in [0.2, 0.25) is 5.91 Å². The molecule has 4 rings (SSSR count). The smallest absolute Gasteiger partial charge is 0.329 e. The summed E-state index contributed by atoms with van der Waals surface area (Å²) >= 11 is 6.30. The van der Waals surface area contributed by atoms with Crippen LogP contribution in [0.15, 0.2) is 48.5 Å². The lowest BCUT2D eigenvalue weighted by Gasteiger charge is -2.42. The second-order valence-corrected chi connectivity index (χ2v) is 7.62. The summed E-state index contributed by atoms with van der Waals surface area (Å²) in [5.74, 6) is -0.175. The zero-order chi connectivity index (χ0) is 19.7. The molecule has 1 atom stereocenters. The van der Waals surface area contributed by atoms with E-state index < -0.39 is 0 Å². The van der Waals surface area contributed by atoms with E-state index >= 15 is 0 Å². The van der Waals surface area contributed by atoms with Crippen LogP contribution in [0.5, 0.6) is 0 Å². The van der Waals surface area contributed by atoms with Crippen molar-refractivity contribution in [2.75, 3.05) is 36.0 Å². The quantitative estimate of drug-likeness (QED) is 0.862. The number of rotatable bonds is 3. The molecule has 2 fully saturated rings. The molecule has 3 amide bonds. The topological polar surface area (TPSA) is 55.9 Å². The summed E-state index contributed by atoms with van der Waals surface area (Å²) in [5.41, 5.74) is 2.72. The normalized spacial score (nSPS) is 21.0. The summed E-state index contributed by atoms with van der Waals surface area (Å²) in [6.45, 7) is 5.08. The fraction of sp³-hybridized carbons (Fsp3) is 0.333. The first kappa shape index (κ1) is 18.8. The Hall–Kier alpha value is -2.57. The van der Waals surface area contributed by atoms with Gasteiger partial charge in [0.1, 0.15) is 0 Å². The number of amides is 3. The van der Waals surface area contributed by atoms with Crippen LogP contribution in [0.3, 0.4) is 0 Å².